The number of phenols is 2. The number of benzene rings is 1. The van der Waals surface area contributed by atoms with E-state index in [0.717, 1.165) is 6.42 Å². The zero-order valence-electron chi connectivity index (χ0n) is 16.2. The third-order valence-electron chi connectivity index (χ3n) is 4.78. The van der Waals surface area contributed by atoms with Crippen LogP contribution in [0.1, 0.15) is 102 Å². The Hall–Kier alpha value is -1.44. The van der Waals surface area contributed by atoms with Crippen LogP contribution in [0.2, 0.25) is 0 Å². The Labute approximate surface area is 155 Å². The Morgan fingerprint density at radius 1 is 0.720 bits per heavy atom. The zero-order valence-corrected chi connectivity index (χ0v) is 16.2. The molecule has 0 radical (unpaired) electrons. The zero-order chi connectivity index (χ0) is 18.2. The van der Waals surface area contributed by atoms with Gasteiger partial charge in [-0.2, -0.15) is 0 Å². The molecule has 2 heteroatoms. The molecule has 2 N–H and O–H groups in total. The highest BCUT2D eigenvalue weighted by molar-refractivity contribution is 5.58. The summed E-state index contributed by atoms with van der Waals surface area (Å²) < 4.78 is 0. The van der Waals surface area contributed by atoms with E-state index in [-0.39, 0.29) is 11.5 Å². The first-order valence-electron chi connectivity index (χ1n) is 10.4. The highest BCUT2D eigenvalue weighted by Gasteiger charge is 1.98. The molecule has 142 valence electrons. The van der Waals surface area contributed by atoms with Crippen LogP contribution < -0.4 is 0 Å². The lowest BCUT2D eigenvalue weighted by atomic mass is 10.0. The van der Waals surface area contributed by atoms with Crippen LogP contribution in [-0.4, -0.2) is 10.2 Å². The predicted molar refractivity (Wildman–Crippen MR) is 109 cm³/mol. The molecule has 1 aromatic rings. The van der Waals surface area contributed by atoms with E-state index in [0.29, 0.717) is 5.56 Å². The van der Waals surface area contributed by atoms with Crippen LogP contribution in [0.5, 0.6) is 11.5 Å². The highest BCUT2D eigenvalue weighted by atomic mass is 16.3. The first kappa shape index (κ1) is 21.6. The summed E-state index contributed by atoms with van der Waals surface area (Å²) in [7, 11) is 0. The Morgan fingerprint density at radius 3 is 1.80 bits per heavy atom. The molecular formula is C23H38O2. The van der Waals surface area contributed by atoms with Crippen molar-refractivity contribution >= 4 is 6.08 Å². The minimum Gasteiger partial charge on any atom is -0.508 e. The van der Waals surface area contributed by atoms with Crippen molar-refractivity contribution in [2.75, 3.05) is 0 Å². The molecule has 0 aromatic heterocycles. The third-order valence-corrected chi connectivity index (χ3v) is 4.78. The van der Waals surface area contributed by atoms with E-state index in [1.165, 1.54) is 95.6 Å². The number of hydrogen-bond donors (Lipinski definition) is 2. The summed E-state index contributed by atoms with van der Waals surface area (Å²) in [4.78, 5) is 0. The molecule has 25 heavy (non-hydrogen) atoms. The molecule has 0 bridgehead atoms. The molecule has 0 spiro atoms. The van der Waals surface area contributed by atoms with Crippen LogP contribution in [0.15, 0.2) is 24.3 Å². The summed E-state index contributed by atoms with van der Waals surface area (Å²) in [5.74, 6) is 0.415. The number of phenolic OH excluding ortho intramolecular Hbond substituents is 2. The number of allylic oxidation sites excluding steroid dienone is 1. The van der Waals surface area contributed by atoms with Crippen LogP contribution >= 0.6 is 0 Å². The van der Waals surface area contributed by atoms with E-state index in [4.69, 9.17) is 0 Å². The molecule has 1 aromatic carbocycles. The van der Waals surface area contributed by atoms with Crippen LogP contribution in [0.3, 0.4) is 0 Å². The van der Waals surface area contributed by atoms with E-state index in [2.05, 4.69) is 13.0 Å². The minimum atomic E-state index is 0.193. The van der Waals surface area contributed by atoms with Crippen molar-refractivity contribution in [3.63, 3.8) is 0 Å². The predicted octanol–water partition coefficient (Wildman–Crippen LogP) is 7.59. The van der Waals surface area contributed by atoms with Gasteiger partial charge in [-0.05, 0) is 31.0 Å². The molecule has 2 nitrogen and oxygen atoms in total. The van der Waals surface area contributed by atoms with Crippen LogP contribution in [0.4, 0.5) is 0 Å². The SMILES string of the molecule is CCCCCCCCCCCCCCCC=Cc1cc(O)ccc1O. The molecule has 0 saturated carbocycles. The lowest BCUT2D eigenvalue weighted by Gasteiger charge is -2.02. The fourth-order valence-corrected chi connectivity index (χ4v) is 3.17. The average molecular weight is 347 g/mol. The van der Waals surface area contributed by atoms with Gasteiger partial charge in [0, 0.05) is 5.56 Å². The van der Waals surface area contributed by atoms with Crippen molar-refractivity contribution in [2.24, 2.45) is 0 Å². The van der Waals surface area contributed by atoms with Gasteiger partial charge in [0.2, 0.25) is 0 Å². The molecule has 0 saturated heterocycles. The lowest BCUT2D eigenvalue weighted by Crippen LogP contribution is -1.82. The Bertz CT molecular complexity index is 465. The monoisotopic (exact) mass is 346 g/mol. The minimum absolute atomic E-state index is 0.193. The molecule has 0 heterocycles. The fourth-order valence-electron chi connectivity index (χ4n) is 3.17. The first-order valence-corrected chi connectivity index (χ1v) is 10.4. The topological polar surface area (TPSA) is 40.5 Å². The van der Waals surface area contributed by atoms with Gasteiger partial charge in [-0.25, -0.2) is 0 Å². The summed E-state index contributed by atoms with van der Waals surface area (Å²) in [6.45, 7) is 2.27. The average Bonchev–Trinajstić information content (AvgIpc) is 2.61. The second kappa shape index (κ2) is 14.9. The van der Waals surface area contributed by atoms with Gasteiger partial charge in [0.15, 0.2) is 0 Å². The maximum Gasteiger partial charge on any atom is 0.123 e. The maximum atomic E-state index is 9.69. The van der Waals surface area contributed by atoms with Gasteiger partial charge in [-0.1, -0.05) is 96.1 Å². The molecule has 1 rings (SSSR count). The largest absolute Gasteiger partial charge is 0.508 e. The van der Waals surface area contributed by atoms with Gasteiger partial charge >= 0.3 is 0 Å². The Kier molecular flexibility index (Phi) is 12.8. The molecular weight excluding hydrogens is 308 g/mol. The molecule has 0 atom stereocenters. The smallest absolute Gasteiger partial charge is 0.123 e. The van der Waals surface area contributed by atoms with Gasteiger partial charge < -0.3 is 10.2 Å². The van der Waals surface area contributed by atoms with Crippen molar-refractivity contribution in [3.05, 3.63) is 29.8 Å². The van der Waals surface area contributed by atoms with Crippen LogP contribution in [-0.2, 0) is 0 Å². The Balaban J connectivity index is 1.89. The van der Waals surface area contributed by atoms with Crippen molar-refractivity contribution in [1.29, 1.82) is 0 Å². The van der Waals surface area contributed by atoms with Gasteiger partial charge in [0.05, 0.1) is 0 Å². The summed E-state index contributed by atoms with van der Waals surface area (Å²) in [6, 6.07) is 4.62. The van der Waals surface area contributed by atoms with Gasteiger partial charge in [0.25, 0.3) is 0 Å². The third kappa shape index (κ3) is 11.7. The summed E-state index contributed by atoms with van der Waals surface area (Å²) >= 11 is 0. The van der Waals surface area contributed by atoms with E-state index < -0.39 is 0 Å². The standard InChI is InChI=1S/C23H38O2/c1-2-3-4-5-6-7-8-9-10-11-12-13-14-15-16-17-21-20-22(24)18-19-23(21)25/h16-20,24-25H,2-15H2,1H3. The van der Waals surface area contributed by atoms with Crippen molar-refractivity contribution < 1.29 is 10.2 Å². The fraction of sp³-hybridized carbons (Fsp3) is 0.652. The van der Waals surface area contributed by atoms with Crippen molar-refractivity contribution in [1.82, 2.24) is 0 Å². The van der Waals surface area contributed by atoms with E-state index >= 15 is 0 Å². The van der Waals surface area contributed by atoms with Crippen molar-refractivity contribution in [3.8, 4) is 11.5 Å². The number of aromatic hydroxyl groups is 2. The lowest BCUT2D eigenvalue weighted by molar-refractivity contribution is 0.459. The van der Waals surface area contributed by atoms with E-state index in [1.54, 1.807) is 6.07 Å². The quantitative estimate of drug-likeness (QED) is 0.253. The second-order valence-corrected chi connectivity index (χ2v) is 7.18. The molecule has 0 aliphatic rings. The van der Waals surface area contributed by atoms with Crippen molar-refractivity contribution in [2.45, 2.75) is 96.8 Å². The van der Waals surface area contributed by atoms with Gasteiger partial charge in [0.1, 0.15) is 11.5 Å². The molecule has 0 aliphatic heterocycles. The summed E-state index contributed by atoms with van der Waals surface area (Å²) in [6.07, 6.45) is 22.9. The number of rotatable bonds is 15. The van der Waals surface area contributed by atoms with Crippen LogP contribution in [0, 0.1) is 0 Å². The first-order chi connectivity index (χ1) is 12.2. The molecule has 0 unspecified atom stereocenters. The Morgan fingerprint density at radius 2 is 1.24 bits per heavy atom. The maximum absolute atomic E-state index is 9.69. The number of hydrogen-bond acceptors (Lipinski definition) is 2. The molecule has 0 fully saturated rings. The number of unbranched alkanes of at least 4 members (excludes halogenated alkanes) is 13. The highest BCUT2D eigenvalue weighted by Crippen LogP contribution is 2.23. The second-order valence-electron chi connectivity index (χ2n) is 7.18. The van der Waals surface area contributed by atoms with E-state index in [1.807, 2.05) is 6.08 Å². The summed E-state index contributed by atoms with van der Waals surface area (Å²) in [5.41, 5.74) is 0.690. The van der Waals surface area contributed by atoms with Gasteiger partial charge in [-0.3, -0.25) is 0 Å². The van der Waals surface area contributed by atoms with Crippen LogP contribution in [0.25, 0.3) is 6.08 Å². The van der Waals surface area contributed by atoms with Gasteiger partial charge in [-0.15, -0.1) is 0 Å². The molecule has 0 aliphatic carbocycles. The summed E-state index contributed by atoms with van der Waals surface area (Å²) in [5, 5.41) is 19.1. The van der Waals surface area contributed by atoms with E-state index in [9.17, 15) is 10.2 Å². The molecule has 0 amide bonds. The normalized spacial score (nSPS) is 11.4.